The Morgan fingerprint density at radius 1 is 1.11 bits per heavy atom. The number of halogens is 4. The van der Waals surface area contributed by atoms with E-state index in [4.69, 9.17) is 0 Å². The summed E-state index contributed by atoms with van der Waals surface area (Å²) in [5.74, 6) is -5.89. The molecule has 18 heavy (non-hydrogen) atoms. The highest BCUT2D eigenvalue weighted by Crippen LogP contribution is 2.21. The van der Waals surface area contributed by atoms with Gasteiger partial charge in [0.1, 0.15) is 11.5 Å². The maximum Gasteiger partial charge on any atom is 0.253 e. The van der Waals surface area contributed by atoms with Crippen molar-refractivity contribution in [3.63, 3.8) is 0 Å². The van der Waals surface area contributed by atoms with E-state index in [9.17, 15) is 17.6 Å². The molecule has 2 aromatic heterocycles. The van der Waals surface area contributed by atoms with Gasteiger partial charge in [0.05, 0.1) is 0 Å². The first-order valence-electron chi connectivity index (χ1n) is 5.01. The third kappa shape index (κ3) is 2.41. The second-order valence-electron chi connectivity index (χ2n) is 3.41. The Morgan fingerprint density at radius 3 is 2.33 bits per heavy atom. The molecule has 0 radical (unpaired) electrons. The fourth-order valence-corrected chi connectivity index (χ4v) is 1.38. The highest BCUT2D eigenvalue weighted by molar-refractivity contribution is 5.45. The summed E-state index contributed by atoms with van der Waals surface area (Å²) in [5.41, 5.74) is -0.869. The minimum Gasteiger partial charge on any atom is -0.380 e. The van der Waals surface area contributed by atoms with Crippen LogP contribution in [0, 0.1) is 23.5 Å². The first-order valence-corrected chi connectivity index (χ1v) is 5.01. The van der Waals surface area contributed by atoms with Crippen molar-refractivity contribution in [2.75, 3.05) is 11.9 Å². The second kappa shape index (κ2) is 5.03. The predicted molar refractivity (Wildman–Crippen MR) is 54.9 cm³/mol. The molecule has 0 saturated heterocycles. The van der Waals surface area contributed by atoms with E-state index >= 15 is 0 Å². The third-order valence-corrected chi connectivity index (χ3v) is 2.22. The number of hydrogen-bond donors (Lipinski definition) is 2. The average molecular weight is 260 g/mol. The number of pyridine rings is 1. The number of hydrogen-bond acceptors (Lipinski definition) is 3. The molecule has 0 aliphatic rings. The minimum atomic E-state index is -1.69. The lowest BCUT2D eigenvalue weighted by Gasteiger charge is -2.08. The molecule has 2 heterocycles. The summed E-state index contributed by atoms with van der Waals surface area (Å²) < 4.78 is 51.9. The Morgan fingerprint density at radius 2 is 1.78 bits per heavy atom. The van der Waals surface area contributed by atoms with Crippen LogP contribution in [0.2, 0.25) is 0 Å². The summed E-state index contributed by atoms with van der Waals surface area (Å²) in [6, 6.07) is 0. The topological polar surface area (TPSA) is 53.6 Å². The van der Waals surface area contributed by atoms with E-state index < -0.39 is 29.2 Å². The summed E-state index contributed by atoms with van der Waals surface area (Å²) in [5, 5.41) is 2.27. The smallest absolute Gasteiger partial charge is 0.253 e. The van der Waals surface area contributed by atoms with Crippen LogP contribution in [-0.2, 0) is 6.42 Å². The molecule has 0 aliphatic heterocycles. The van der Waals surface area contributed by atoms with Gasteiger partial charge in [0.15, 0.2) is 0 Å². The van der Waals surface area contributed by atoms with Crippen LogP contribution < -0.4 is 5.32 Å². The zero-order chi connectivity index (χ0) is 13.1. The fourth-order valence-electron chi connectivity index (χ4n) is 1.38. The molecule has 0 fully saturated rings. The van der Waals surface area contributed by atoms with E-state index in [1.165, 1.54) is 6.20 Å². The average Bonchev–Trinajstić information content (AvgIpc) is 2.84. The van der Waals surface area contributed by atoms with Gasteiger partial charge in [-0.2, -0.15) is 22.5 Å². The summed E-state index contributed by atoms with van der Waals surface area (Å²) >= 11 is 0. The molecule has 0 atom stereocenters. The maximum absolute atomic E-state index is 13.2. The van der Waals surface area contributed by atoms with Gasteiger partial charge < -0.3 is 10.3 Å². The van der Waals surface area contributed by atoms with Gasteiger partial charge >= 0.3 is 0 Å². The molecule has 0 amide bonds. The minimum absolute atomic E-state index is 0.0598. The van der Waals surface area contributed by atoms with Crippen molar-refractivity contribution in [2.45, 2.75) is 6.42 Å². The predicted octanol–water partition coefficient (Wildman–Crippen LogP) is 2.02. The van der Waals surface area contributed by atoms with Crippen LogP contribution in [0.4, 0.5) is 23.2 Å². The molecule has 2 N–H and O–H groups in total. The van der Waals surface area contributed by atoms with Crippen LogP contribution in [0.5, 0.6) is 0 Å². The van der Waals surface area contributed by atoms with E-state index in [1.807, 2.05) is 0 Å². The number of H-pyrrole nitrogens is 1. The number of rotatable bonds is 4. The van der Waals surface area contributed by atoms with Gasteiger partial charge in [-0.15, -0.1) is 0 Å². The van der Waals surface area contributed by atoms with Crippen molar-refractivity contribution in [1.82, 2.24) is 15.0 Å². The van der Waals surface area contributed by atoms with Gasteiger partial charge in [0, 0.05) is 25.4 Å². The largest absolute Gasteiger partial charge is 0.380 e. The zero-order valence-electron chi connectivity index (χ0n) is 8.98. The fraction of sp³-hybridized carbons (Fsp3) is 0.200. The molecule has 0 aromatic carbocycles. The van der Waals surface area contributed by atoms with Gasteiger partial charge in [-0.1, -0.05) is 0 Å². The summed E-state index contributed by atoms with van der Waals surface area (Å²) in [7, 11) is 0. The molecular formula is C10H8F4N4. The van der Waals surface area contributed by atoms with Crippen LogP contribution >= 0.6 is 0 Å². The van der Waals surface area contributed by atoms with Gasteiger partial charge in [0.2, 0.25) is 11.6 Å². The molecule has 0 bridgehead atoms. The van der Waals surface area contributed by atoms with Crippen molar-refractivity contribution >= 4 is 5.69 Å². The first kappa shape index (κ1) is 12.3. The van der Waals surface area contributed by atoms with Crippen molar-refractivity contribution < 1.29 is 17.6 Å². The maximum atomic E-state index is 13.2. The molecule has 0 aliphatic carbocycles. The lowest BCUT2D eigenvalue weighted by atomic mass is 10.3. The Bertz CT molecular complexity index is 515. The van der Waals surface area contributed by atoms with Crippen LogP contribution in [0.25, 0.3) is 0 Å². The van der Waals surface area contributed by atoms with Crippen molar-refractivity contribution in [3.05, 3.63) is 41.7 Å². The molecule has 4 nitrogen and oxygen atoms in total. The van der Waals surface area contributed by atoms with E-state index in [2.05, 4.69) is 20.3 Å². The van der Waals surface area contributed by atoms with Crippen molar-refractivity contribution in [2.24, 2.45) is 0 Å². The van der Waals surface area contributed by atoms with E-state index in [0.717, 1.165) is 0 Å². The number of nitrogens with zero attached hydrogens (tertiary/aromatic N) is 2. The molecule has 0 spiro atoms. The Hall–Kier alpha value is -2.12. The number of aromatic amines is 1. The Labute approximate surface area is 99.1 Å². The first-order chi connectivity index (χ1) is 8.59. The summed E-state index contributed by atoms with van der Waals surface area (Å²) in [4.78, 5) is 9.11. The van der Waals surface area contributed by atoms with Crippen LogP contribution in [-0.4, -0.2) is 21.5 Å². The van der Waals surface area contributed by atoms with E-state index in [0.29, 0.717) is 12.2 Å². The highest BCUT2D eigenvalue weighted by Gasteiger charge is 2.20. The lowest BCUT2D eigenvalue weighted by Crippen LogP contribution is -2.12. The molecule has 2 aromatic rings. The third-order valence-electron chi connectivity index (χ3n) is 2.22. The zero-order valence-corrected chi connectivity index (χ0v) is 8.98. The SMILES string of the molecule is Fc1nc(F)c(F)c(NCCc2ncc[nH]2)c1F. The summed E-state index contributed by atoms with van der Waals surface area (Å²) in [6.07, 6.45) is 3.42. The second-order valence-corrected chi connectivity index (χ2v) is 3.41. The normalized spacial score (nSPS) is 10.7. The summed E-state index contributed by atoms with van der Waals surface area (Å²) in [6.45, 7) is 0.0598. The molecule has 8 heteroatoms. The van der Waals surface area contributed by atoms with Crippen molar-refractivity contribution in [1.29, 1.82) is 0 Å². The quantitative estimate of drug-likeness (QED) is 0.653. The van der Waals surface area contributed by atoms with Crippen LogP contribution in [0.3, 0.4) is 0 Å². The van der Waals surface area contributed by atoms with Crippen molar-refractivity contribution in [3.8, 4) is 0 Å². The Kier molecular flexibility index (Phi) is 3.45. The number of nitrogens with one attached hydrogen (secondary N) is 2. The van der Waals surface area contributed by atoms with Crippen LogP contribution in [0.15, 0.2) is 12.4 Å². The lowest BCUT2D eigenvalue weighted by molar-refractivity contribution is 0.410. The molecule has 0 unspecified atom stereocenters. The number of aromatic nitrogens is 3. The molecular weight excluding hydrogens is 252 g/mol. The van der Waals surface area contributed by atoms with Crippen LogP contribution in [0.1, 0.15) is 5.82 Å². The molecule has 2 rings (SSSR count). The molecule has 0 saturated carbocycles. The van der Waals surface area contributed by atoms with Gasteiger partial charge in [0.25, 0.3) is 11.9 Å². The molecule has 96 valence electrons. The van der Waals surface area contributed by atoms with Gasteiger partial charge in [-0.25, -0.2) is 4.98 Å². The van der Waals surface area contributed by atoms with E-state index in [-0.39, 0.29) is 6.54 Å². The highest BCUT2D eigenvalue weighted by atomic mass is 19.2. The Balaban J connectivity index is 2.09. The van der Waals surface area contributed by atoms with Gasteiger partial charge in [-0.3, -0.25) is 0 Å². The van der Waals surface area contributed by atoms with E-state index in [1.54, 1.807) is 6.20 Å². The van der Waals surface area contributed by atoms with Gasteiger partial charge in [-0.05, 0) is 0 Å². The number of imidazole rings is 1. The standard InChI is InChI=1S/C10H8F4N4/c11-6-8(7(12)10(14)18-9(6)13)17-2-1-5-15-3-4-16-5/h3-4H,1-2H2,(H,15,16)(H,17,18). The number of anilines is 1. The monoisotopic (exact) mass is 260 g/mol.